The Kier molecular flexibility index (Phi) is 5.72. The van der Waals surface area contributed by atoms with Crippen LogP contribution in [0, 0.1) is 6.92 Å². The Hall–Kier alpha value is -2.22. The number of rotatable bonds is 4. The number of hydrogen-bond acceptors (Lipinski definition) is 4. The highest BCUT2D eigenvalue weighted by molar-refractivity contribution is 7.89. The van der Waals surface area contributed by atoms with E-state index in [1.165, 1.54) is 15.9 Å². The first-order chi connectivity index (χ1) is 14.0. The van der Waals surface area contributed by atoms with E-state index >= 15 is 0 Å². The summed E-state index contributed by atoms with van der Waals surface area (Å²) >= 11 is 0. The lowest BCUT2D eigenvalue weighted by molar-refractivity contribution is 0.0730. The number of carbonyl (C=O) groups is 1. The van der Waals surface area contributed by atoms with Gasteiger partial charge in [-0.1, -0.05) is 30.3 Å². The largest absolute Gasteiger partial charge is 0.379 e. The predicted molar refractivity (Wildman–Crippen MR) is 110 cm³/mol. The van der Waals surface area contributed by atoms with Crippen molar-refractivity contribution >= 4 is 15.9 Å². The van der Waals surface area contributed by atoms with Crippen LogP contribution in [0.3, 0.4) is 0 Å². The second-order valence-corrected chi connectivity index (χ2v) is 9.55. The van der Waals surface area contributed by atoms with Crippen LogP contribution in [0.5, 0.6) is 0 Å². The van der Waals surface area contributed by atoms with Crippen LogP contribution < -0.4 is 5.32 Å². The number of sulfonamides is 1. The number of nitrogens with one attached hydrogen (secondary N) is 1. The molecule has 1 N–H and O–H groups in total. The van der Waals surface area contributed by atoms with Crippen molar-refractivity contribution in [1.29, 1.82) is 0 Å². The van der Waals surface area contributed by atoms with Crippen molar-refractivity contribution < 1.29 is 17.9 Å². The molecule has 1 aliphatic heterocycles. The summed E-state index contributed by atoms with van der Waals surface area (Å²) in [5.41, 5.74) is 3.58. The minimum absolute atomic E-state index is 0.0497. The third-order valence-electron chi connectivity index (χ3n) is 5.74. The van der Waals surface area contributed by atoms with Gasteiger partial charge in [0.25, 0.3) is 5.91 Å². The number of amides is 1. The zero-order valence-electron chi connectivity index (χ0n) is 16.6. The summed E-state index contributed by atoms with van der Waals surface area (Å²) in [7, 11) is -3.64. The molecule has 2 aliphatic rings. The van der Waals surface area contributed by atoms with E-state index in [4.69, 9.17) is 4.74 Å². The number of fused-ring (bicyclic) bond motifs is 1. The number of hydrogen-bond donors (Lipinski definition) is 1. The molecule has 1 amide bonds. The quantitative estimate of drug-likeness (QED) is 0.835. The topological polar surface area (TPSA) is 75.7 Å². The molecule has 29 heavy (non-hydrogen) atoms. The maximum absolute atomic E-state index is 13.1. The van der Waals surface area contributed by atoms with Gasteiger partial charge in [0.2, 0.25) is 10.0 Å². The van der Waals surface area contributed by atoms with Gasteiger partial charge in [-0.05, 0) is 55.0 Å². The minimum Gasteiger partial charge on any atom is -0.379 e. The number of morpholine rings is 1. The fourth-order valence-corrected chi connectivity index (χ4v) is 5.52. The number of ether oxygens (including phenoxy) is 1. The van der Waals surface area contributed by atoms with Crippen molar-refractivity contribution in [2.24, 2.45) is 0 Å². The Morgan fingerprint density at radius 3 is 2.69 bits per heavy atom. The van der Waals surface area contributed by atoms with Crippen LogP contribution >= 0.6 is 0 Å². The third-order valence-corrected chi connectivity index (χ3v) is 7.63. The molecule has 2 aromatic carbocycles. The Morgan fingerprint density at radius 1 is 1.14 bits per heavy atom. The highest BCUT2D eigenvalue weighted by Crippen LogP contribution is 2.30. The van der Waals surface area contributed by atoms with Crippen LogP contribution in [0.1, 0.15) is 45.9 Å². The van der Waals surface area contributed by atoms with Crippen LogP contribution in [0.15, 0.2) is 47.4 Å². The monoisotopic (exact) mass is 414 g/mol. The molecule has 1 saturated heterocycles. The van der Waals surface area contributed by atoms with Crippen molar-refractivity contribution in [2.45, 2.75) is 37.1 Å². The van der Waals surface area contributed by atoms with E-state index in [-0.39, 0.29) is 16.8 Å². The van der Waals surface area contributed by atoms with Crippen molar-refractivity contribution in [1.82, 2.24) is 9.62 Å². The lowest BCUT2D eigenvalue weighted by Crippen LogP contribution is -2.40. The summed E-state index contributed by atoms with van der Waals surface area (Å²) in [4.78, 5) is 13.2. The molecule has 1 fully saturated rings. The maximum Gasteiger partial charge on any atom is 0.252 e. The average Bonchev–Trinajstić information content (AvgIpc) is 2.75. The first-order valence-electron chi connectivity index (χ1n) is 10.0. The Morgan fingerprint density at radius 2 is 1.90 bits per heavy atom. The molecule has 1 aliphatic carbocycles. The highest BCUT2D eigenvalue weighted by Gasteiger charge is 2.28. The summed E-state index contributed by atoms with van der Waals surface area (Å²) in [6.07, 6.45) is 2.93. The summed E-state index contributed by atoms with van der Waals surface area (Å²) in [5, 5.41) is 3.12. The van der Waals surface area contributed by atoms with Gasteiger partial charge < -0.3 is 10.1 Å². The summed E-state index contributed by atoms with van der Waals surface area (Å²) in [6.45, 7) is 3.26. The average molecular weight is 415 g/mol. The zero-order chi connectivity index (χ0) is 20.4. The first kappa shape index (κ1) is 20.1. The SMILES string of the molecule is Cc1ccc(S(=O)(=O)N2CCOCC2)cc1C(=O)NC1CCCc2ccccc21. The second-order valence-electron chi connectivity index (χ2n) is 7.61. The van der Waals surface area contributed by atoms with E-state index in [2.05, 4.69) is 17.4 Å². The van der Waals surface area contributed by atoms with Gasteiger partial charge in [-0.2, -0.15) is 4.31 Å². The van der Waals surface area contributed by atoms with Crippen molar-refractivity contribution in [3.8, 4) is 0 Å². The van der Waals surface area contributed by atoms with Crippen LogP contribution in [-0.4, -0.2) is 44.9 Å². The van der Waals surface area contributed by atoms with E-state index in [1.54, 1.807) is 12.1 Å². The Bertz CT molecular complexity index is 1010. The molecular weight excluding hydrogens is 388 g/mol. The number of benzene rings is 2. The fraction of sp³-hybridized carbons (Fsp3) is 0.409. The minimum atomic E-state index is -3.64. The predicted octanol–water partition coefficient (Wildman–Crippen LogP) is 2.82. The van der Waals surface area contributed by atoms with Gasteiger partial charge in [0.1, 0.15) is 0 Å². The van der Waals surface area contributed by atoms with Gasteiger partial charge in [0.05, 0.1) is 24.2 Å². The molecule has 154 valence electrons. The smallest absolute Gasteiger partial charge is 0.252 e. The number of aryl methyl sites for hydroxylation is 2. The zero-order valence-corrected chi connectivity index (χ0v) is 17.4. The number of carbonyl (C=O) groups excluding carboxylic acids is 1. The fourth-order valence-electron chi connectivity index (χ4n) is 4.08. The van der Waals surface area contributed by atoms with E-state index < -0.39 is 10.0 Å². The van der Waals surface area contributed by atoms with Gasteiger partial charge in [-0.15, -0.1) is 0 Å². The molecule has 0 spiro atoms. The lowest BCUT2D eigenvalue weighted by atomic mass is 9.87. The van der Waals surface area contributed by atoms with Gasteiger partial charge in [0.15, 0.2) is 0 Å². The summed E-state index contributed by atoms with van der Waals surface area (Å²) < 4.78 is 32.6. The standard InChI is InChI=1S/C22H26N2O4S/c1-16-9-10-18(29(26,27)24-11-13-28-14-12-24)15-20(16)22(25)23-21-8-4-6-17-5-2-3-7-19(17)21/h2-3,5,7,9-10,15,21H,4,6,8,11-14H2,1H3,(H,23,25). The van der Waals surface area contributed by atoms with Crippen molar-refractivity contribution in [2.75, 3.05) is 26.3 Å². The van der Waals surface area contributed by atoms with E-state index in [0.717, 1.165) is 30.4 Å². The first-order valence-corrected chi connectivity index (χ1v) is 11.5. The van der Waals surface area contributed by atoms with E-state index in [9.17, 15) is 13.2 Å². The third kappa shape index (κ3) is 4.08. The molecule has 0 bridgehead atoms. The molecule has 6 nitrogen and oxygen atoms in total. The molecule has 0 aromatic heterocycles. The molecule has 7 heteroatoms. The molecule has 1 heterocycles. The molecule has 0 radical (unpaired) electrons. The van der Waals surface area contributed by atoms with E-state index in [0.29, 0.717) is 31.9 Å². The summed E-state index contributed by atoms with van der Waals surface area (Å²) in [6, 6.07) is 12.9. The van der Waals surface area contributed by atoms with E-state index in [1.807, 2.05) is 19.1 Å². The van der Waals surface area contributed by atoms with Gasteiger partial charge in [0, 0.05) is 18.7 Å². The molecule has 1 atom stereocenters. The lowest BCUT2D eigenvalue weighted by Gasteiger charge is -2.27. The maximum atomic E-state index is 13.1. The molecule has 1 unspecified atom stereocenters. The van der Waals surface area contributed by atoms with Crippen LogP contribution in [-0.2, 0) is 21.2 Å². The molecule has 4 rings (SSSR count). The number of nitrogens with zero attached hydrogens (tertiary/aromatic N) is 1. The molecule has 0 saturated carbocycles. The Labute approximate surface area is 171 Å². The summed E-state index contributed by atoms with van der Waals surface area (Å²) in [5.74, 6) is -0.233. The second kappa shape index (κ2) is 8.26. The van der Waals surface area contributed by atoms with Gasteiger partial charge in [-0.25, -0.2) is 8.42 Å². The van der Waals surface area contributed by atoms with Gasteiger partial charge >= 0.3 is 0 Å². The van der Waals surface area contributed by atoms with Crippen LogP contribution in [0.2, 0.25) is 0 Å². The normalized spacial score (nSPS) is 20.1. The van der Waals surface area contributed by atoms with Crippen LogP contribution in [0.25, 0.3) is 0 Å². The van der Waals surface area contributed by atoms with Crippen molar-refractivity contribution in [3.05, 3.63) is 64.7 Å². The molecular formula is C22H26N2O4S. The van der Waals surface area contributed by atoms with Gasteiger partial charge in [-0.3, -0.25) is 4.79 Å². The Balaban J connectivity index is 1.59. The van der Waals surface area contributed by atoms with Crippen LogP contribution in [0.4, 0.5) is 0 Å². The highest BCUT2D eigenvalue weighted by atomic mass is 32.2. The van der Waals surface area contributed by atoms with Crippen molar-refractivity contribution in [3.63, 3.8) is 0 Å². The molecule has 2 aromatic rings.